The van der Waals surface area contributed by atoms with Crippen molar-refractivity contribution in [2.45, 2.75) is 63.8 Å². The SMILES string of the molecule is CC1(N)CCCCC1C(=O)NCCC(=O)N1CCCCC1. The van der Waals surface area contributed by atoms with Gasteiger partial charge >= 0.3 is 0 Å². The van der Waals surface area contributed by atoms with Crippen LogP contribution in [0.1, 0.15) is 58.3 Å². The fourth-order valence-corrected chi connectivity index (χ4v) is 3.51. The zero-order valence-corrected chi connectivity index (χ0v) is 13.2. The van der Waals surface area contributed by atoms with Crippen molar-refractivity contribution in [2.24, 2.45) is 11.7 Å². The lowest BCUT2D eigenvalue weighted by Gasteiger charge is -2.37. The topological polar surface area (TPSA) is 75.4 Å². The standard InChI is InChI=1S/C16H29N3O2/c1-16(17)9-4-3-7-13(16)15(21)18-10-8-14(20)19-11-5-2-6-12-19/h13H,2-12,17H2,1H3,(H,18,21). The van der Waals surface area contributed by atoms with Gasteiger partial charge in [0, 0.05) is 31.6 Å². The van der Waals surface area contributed by atoms with Gasteiger partial charge in [-0.2, -0.15) is 0 Å². The van der Waals surface area contributed by atoms with E-state index in [0.717, 1.165) is 51.6 Å². The van der Waals surface area contributed by atoms with Crippen LogP contribution < -0.4 is 11.1 Å². The number of hydrogen-bond donors (Lipinski definition) is 2. The molecule has 2 atom stereocenters. The molecule has 0 aromatic heterocycles. The van der Waals surface area contributed by atoms with Gasteiger partial charge in [0.05, 0.1) is 5.92 Å². The third-order valence-corrected chi connectivity index (χ3v) is 4.92. The van der Waals surface area contributed by atoms with Gasteiger partial charge in [-0.1, -0.05) is 12.8 Å². The fraction of sp³-hybridized carbons (Fsp3) is 0.875. The van der Waals surface area contributed by atoms with Crippen LogP contribution in [0.25, 0.3) is 0 Å². The Bertz CT molecular complexity index is 376. The Morgan fingerprint density at radius 3 is 2.57 bits per heavy atom. The summed E-state index contributed by atoms with van der Waals surface area (Å²) in [4.78, 5) is 26.2. The zero-order chi connectivity index (χ0) is 15.3. The first-order valence-electron chi connectivity index (χ1n) is 8.35. The highest BCUT2D eigenvalue weighted by atomic mass is 16.2. The Labute approximate surface area is 127 Å². The Kier molecular flexibility index (Phi) is 5.62. The van der Waals surface area contributed by atoms with Crippen molar-refractivity contribution >= 4 is 11.8 Å². The molecular formula is C16H29N3O2. The van der Waals surface area contributed by atoms with E-state index in [2.05, 4.69) is 5.32 Å². The third-order valence-electron chi connectivity index (χ3n) is 4.92. The van der Waals surface area contributed by atoms with E-state index >= 15 is 0 Å². The predicted molar refractivity (Wildman–Crippen MR) is 82.6 cm³/mol. The first kappa shape index (κ1) is 16.3. The maximum absolute atomic E-state index is 12.3. The maximum Gasteiger partial charge on any atom is 0.224 e. The van der Waals surface area contributed by atoms with Crippen LogP contribution in [0.15, 0.2) is 0 Å². The quantitative estimate of drug-likeness (QED) is 0.823. The van der Waals surface area contributed by atoms with Crippen molar-refractivity contribution in [3.8, 4) is 0 Å². The Morgan fingerprint density at radius 1 is 1.19 bits per heavy atom. The van der Waals surface area contributed by atoms with Gasteiger partial charge in [0.15, 0.2) is 0 Å². The lowest BCUT2D eigenvalue weighted by molar-refractivity contribution is -0.132. The largest absolute Gasteiger partial charge is 0.355 e. The molecule has 1 heterocycles. The summed E-state index contributed by atoms with van der Waals surface area (Å²) in [5, 5.41) is 2.91. The molecule has 0 aromatic carbocycles. The normalized spacial score (nSPS) is 30.0. The van der Waals surface area contributed by atoms with E-state index in [-0.39, 0.29) is 17.7 Å². The molecule has 2 unspecified atom stereocenters. The average Bonchev–Trinajstić information content (AvgIpc) is 2.47. The summed E-state index contributed by atoms with van der Waals surface area (Å²) in [7, 11) is 0. The molecule has 2 aliphatic rings. The molecule has 5 heteroatoms. The second-order valence-electron chi connectivity index (χ2n) is 6.79. The summed E-state index contributed by atoms with van der Waals surface area (Å²) in [6, 6.07) is 0. The van der Waals surface area contributed by atoms with Crippen LogP contribution in [0.5, 0.6) is 0 Å². The van der Waals surface area contributed by atoms with Crippen LogP contribution in [0, 0.1) is 5.92 Å². The molecule has 0 aromatic rings. The number of nitrogens with zero attached hydrogens (tertiary/aromatic N) is 1. The van der Waals surface area contributed by atoms with Crippen molar-refractivity contribution < 1.29 is 9.59 Å². The molecule has 21 heavy (non-hydrogen) atoms. The monoisotopic (exact) mass is 295 g/mol. The van der Waals surface area contributed by atoms with Gasteiger partial charge < -0.3 is 16.0 Å². The molecule has 1 aliphatic carbocycles. The number of carbonyl (C=O) groups is 2. The minimum atomic E-state index is -0.404. The van der Waals surface area contributed by atoms with E-state index in [1.807, 2.05) is 11.8 Å². The second-order valence-corrected chi connectivity index (χ2v) is 6.79. The Morgan fingerprint density at radius 2 is 1.90 bits per heavy atom. The molecule has 2 fully saturated rings. The minimum Gasteiger partial charge on any atom is -0.355 e. The highest BCUT2D eigenvalue weighted by Gasteiger charge is 2.37. The van der Waals surface area contributed by atoms with E-state index in [4.69, 9.17) is 5.73 Å². The Hall–Kier alpha value is -1.10. The number of rotatable bonds is 4. The molecule has 2 rings (SSSR count). The van der Waals surface area contributed by atoms with Crippen molar-refractivity contribution in [3.05, 3.63) is 0 Å². The van der Waals surface area contributed by atoms with Crippen molar-refractivity contribution in [1.82, 2.24) is 10.2 Å². The average molecular weight is 295 g/mol. The lowest BCUT2D eigenvalue weighted by Crippen LogP contribution is -2.53. The summed E-state index contributed by atoms with van der Waals surface area (Å²) >= 11 is 0. The maximum atomic E-state index is 12.3. The number of nitrogens with two attached hydrogens (primary N) is 1. The number of likely N-dealkylation sites (tertiary alicyclic amines) is 1. The predicted octanol–water partition coefficient (Wildman–Crippen LogP) is 1.41. The minimum absolute atomic E-state index is 0.0196. The third kappa shape index (κ3) is 4.43. The highest BCUT2D eigenvalue weighted by molar-refractivity contribution is 5.81. The zero-order valence-electron chi connectivity index (χ0n) is 13.2. The van der Waals surface area contributed by atoms with Crippen LogP contribution >= 0.6 is 0 Å². The molecule has 3 N–H and O–H groups in total. The van der Waals surface area contributed by atoms with E-state index in [0.29, 0.717) is 13.0 Å². The van der Waals surface area contributed by atoms with Crippen LogP contribution in [0.2, 0.25) is 0 Å². The second kappa shape index (κ2) is 7.25. The highest BCUT2D eigenvalue weighted by Crippen LogP contribution is 2.31. The van der Waals surface area contributed by atoms with Gasteiger partial charge in [-0.3, -0.25) is 9.59 Å². The first-order chi connectivity index (χ1) is 10.0. The number of piperidine rings is 1. The molecular weight excluding hydrogens is 266 g/mol. The summed E-state index contributed by atoms with van der Waals surface area (Å²) in [5.41, 5.74) is 5.83. The molecule has 1 aliphatic heterocycles. The van der Waals surface area contributed by atoms with Gasteiger partial charge in [-0.25, -0.2) is 0 Å². The number of amides is 2. The summed E-state index contributed by atoms with van der Waals surface area (Å²) < 4.78 is 0. The molecule has 2 amide bonds. The van der Waals surface area contributed by atoms with Gasteiger partial charge in [-0.15, -0.1) is 0 Å². The smallest absolute Gasteiger partial charge is 0.224 e. The first-order valence-corrected chi connectivity index (χ1v) is 8.35. The molecule has 0 radical (unpaired) electrons. The molecule has 0 spiro atoms. The van der Waals surface area contributed by atoms with E-state index in [1.54, 1.807) is 0 Å². The van der Waals surface area contributed by atoms with Crippen molar-refractivity contribution in [1.29, 1.82) is 0 Å². The number of hydrogen-bond acceptors (Lipinski definition) is 3. The number of carbonyl (C=O) groups excluding carboxylic acids is 2. The summed E-state index contributed by atoms with van der Waals surface area (Å²) in [6.45, 7) is 4.14. The van der Waals surface area contributed by atoms with Crippen molar-refractivity contribution in [2.75, 3.05) is 19.6 Å². The van der Waals surface area contributed by atoms with Crippen LogP contribution in [-0.4, -0.2) is 41.9 Å². The van der Waals surface area contributed by atoms with Gasteiger partial charge in [-0.05, 0) is 39.0 Å². The Balaban J connectivity index is 1.72. The molecule has 1 saturated carbocycles. The molecule has 120 valence electrons. The van der Waals surface area contributed by atoms with Gasteiger partial charge in [0.2, 0.25) is 11.8 Å². The van der Waals surface area contributed by atoms with Crippen LogP contribution in [0.3, 0.4) is 0 Å². The van der Waals surface area contributed by atoms with Crippen LogP contribution in [-0.2, 0) is 9.59 Å². The lowest BCUT2D eigenvalue weighted by atomic mass is 9.74. The molecule has 1 saturated heterocycles. The van der Waals surface area contributed by atoms with Gasteiger partial charge in [0.25, 0.3) is 0 Å². The fourth-order valence-electron chi connectivity index (χ4n) is 3.51. The van der Waals surface area contributed by atoms with E-state index in [9.17, 15) is 9.59 Å². The van der Waals surface area contributed by atoms with Crippen LogP contribution in [0.4, 0.5) is 0 Å². The molecule has 0 bridgehead atoms. The molecule has 5 nitrogen and oxygen atoms in total. The number of nitrogens with one attached hydrogen (secondary N) is 1. The van der Waals surface area contributed by atoms with Crippen molar-refractivity contribution in [3.63, 3.8) is 0 Å². The summed E-state index contributed by atoms with van der Waals surface area (Å²) in [6.07, 6.45) is 7.76. The van der Waals surface area contributed by atoms with Gasteiger partial charge in [0.1, 0.15) is 0 Å². The summed E-state index contributed by atoms with van der Waals surface area (Å²) in [5.74, 6) is 0.0663. The van der Waals surface area contributed by atoms with E-state index in [1.165, 1.54) is 6.42 Å². The van der Waals surface area contributed by atoms with E-state index < -0.39 is 5.54 Å².